The summed E-state index contributed by atoms with van der Waals surface area (Å²) in [4.78, 5) is 10.9. The molecule has 2 atom stereocenters. The van der Waals surface area contributed by atoms with Crippen LogP contribution in [0.2, 0.25) is 0 Å². The van der Waals surface area contributed by atoms with Crippen molar-refractivity contribution in [2.24, 2.45) is 11.1 Å². The number of nitrogens with two attached hydrogens (primary N) is 1. The normalized spacial score (nSPS) is 26.0. The van der Waals surface area contributed by atoms with Gasteiger partial charge in [0.15, 0.2) is 0 Å². The van der Waals surface area contributed by atoms with E-state index < -0.39 is 11.4 Å². The molecule has 0 aromatic carbocycles. The van der Waals surface area contributed by atoms with Gasteiger partial charge < -0.3 is 15.6 Å². The van der Waals surface area contributed by atoms with Gasteiger partial charge in [-0.15, -0.1) is 0 Å². The van der Waals surface area contributed by atoms with Crippen molar-refractivity contribution in [2.75, 3.05) is 13.2 Å². The molecule has 1 aliphatic rings. The number of hydrogen-bond donors (Lipinski definition) is 2. The molecule has 0 bridgehead atoms. The summed E-state index contributed by atoms with van der Waals surface area (Å²) in [5.41, 5.74) is 4.69. The SMILES string of the molecule is CC(CN)(CCC1CCCO1)C(=O)O. The average molecular weight is 201 g/mol. The van der Waals surface area contributed by atoms with E-state index in [1.54, 1.807) is 6.92 Å². The standard InChI is InChI=1S/C10H19NO3/c1-10(7-11,9(12)13)5-4-8-3-2-6-14-8/h8H,2-7,11H2,1H3,(H,12,13). The molecule has 82 valence electrons. The third kappa shape index (κ3) is 2.69. The fraction of sp³-hybridized carbons (Fsp3) is 0.900. The van der Waals surface area contributed by atoms with Crippen molar-refractivity contribution < 1.29 is 14.6 Å². The van der Waals surface area contributed by atoms with Crippen LogP contribution >= 0.6 is 0 Å². The van der Waals surface area contributed by atoms with Crippen molar-refractivity contribution in [3.8, 4) is 0 Å². The minimum atomic E-state index is -0.807. The van der Waals surface area contributed by atoms with E-state index in [1.165, 1.54) is 0 Å². The lowest BCUT2D eigenvalue weighted by atomic mass is 9.84. The Morgan fingerprint density at radius 2 is 2.43 bits per heavy atom. The monoisotopic (exact) mass is 201 g/mol. The fourth-order valence-corrected chi connectivity index (χ4v) is 1.65. The van der Waals surface area contributed by atoms with E-state index >= 15 is 0 Å². The summed E-state index contributed by atoms with van der Waals surface area (Å²) < 4.78 is 5.44. The number of hydrogen-bond acceptors (Lipinski definition) is 3. The van der Waals surface area contributed by atoms with Crippen LogP contribution in [0.4, 0.5) is 0 Å². The van der Waals surface area contributed by atoms with Crippen molar-refractivity contribution in [1.82, 2.24) is 0 Å². The summed E-state index contributed by atoms with van der Waals surface area (Å²) in [6.45, 7) is 2.70. The third-order valence-electron chi connectivity index (χ3n) is 3.01. The maximum absolute atomic E-state index is 10.9. The van der Waals surface area contributed by atoms with Gasteiger partial charge in [-0.2, -0.15) is 0 Å². The molecule has 3 N–H and O–H groups in total. The van der Waals surface area contributed by atoms with Crippen molar-refractivity contribution in [3.63, 3.8) is 0 Å². The zero-order chi connectivity index (χ0) is 10.6. The maximum Gasteiger partial charge on any atom is 0.310 e. The molecule has 1 saturated heterocycles. The molecule has 4 nitrogen and oxygen atoms in total. The maximum atomic E-state index is 10.9. The zero-order valence-corrected chi connectivity index (χ0v) is 8.66. The predicted molar refractivity (Wildman–Crippen MR) is 53.0 cm³/mol. The van der Waals surface area contributed by atoms with Gasteiger partial charge in [-0.25, -0.2) is 0 Å². The summed E-state index contributed by atoms with van der Waals surface area (Å²) in [5.74, 6) is -0.807. The highest BCUT2D eigenvalue weighted by molar-refractivity contribution is 5.74. The van der Waals surface area contributed by atoms with E-state index in [2.05, 4.69) is 0 Å². The Labute approximate surface area is 84.4 Å². The number of aliphatic carboxylic acids is 1. The predicted octanol–water partition coefficient (Wildman–Crippen LogP) is 0.995. The van der Waals surface area contributed by atoms with Crippen LogP contribution in [0.5, 0.6) is 0 Å². The molecule has 1 fully saturated rings. The molecule has 2 unspecified atom stereocenters. The van der Waals surface area contributed by atoms with Gasteiger partial charge in [-0.1, -0.05) is 0 Å². The van der Waals surface area contributed by atoms with E-state index in [4.69, 9.17) is 15.6 Å². The minimum absolute atomic E-state index is 0.190. The molecular formula is C10H19NO3. The van der Waals surface area contributed by atoms with Gasteiger partial charge in [-0.3, -0.25) is 4.79 Å². The lowest BCUT2D eigenvalue weighted by Crippen LogP contribution is -2.36. The highest BCUT2D eigenvalue weighted by atomic mass is 16.5. The summed E-state index contributed by atoms with van der Waals surface area (Å²) in [7, 11) is 0. The van der Waals surface area contributed by atoms with E-state index in [0.717, 1.165) is 25.9 Å². The van der Waals surface area contributed by atoms with Crippen molar-refractivity contribution in [2.45, 2.75) is 38.7 Å². The Balaban J connectivity index is 2.36. The quantitative estimate of drug-likeness (QED) is 0.696. The first-order valence-corrected chi connectivity index (χ1v) is 5.13. The first-order valence-electron chi connectivity index (χ1n) is 5.13. The van der Waals surface area contributed by atoms with Crippen LogP contribution in [0.25, 0.3) is 0 Å². The Kier molecular flexibility index (Phi) is 3.89. The molecule has 0 saturated carbocycles. The molecule has 1 heterocycles. The van der Waals surface area contributed by atoms with Gasteiger partial charge in [0.25, 0.3) is 0 Å². The molecule has 0 aromatic heterocycles. The minimum Gasteiger partial charge on any atom is -0.481 e. The van der Waals surface area contributed by atoms with Crippen LogP contribution in [-0.2, 0) is 9.53 Å². The second-order valence-electron chi connectivity index (χ2n) is 4.24. The molecule has 14 heavy (non-hydrogen) atoms. The number of carbonyl (C=O) groups is 1. The molecule has 1 rings (SSSR count). The highest BCUT2D eigenvalue weighted by Crippen LogP contribution is 2.26. The summed E-state index contributed by atoms with van der Waals surface area (Å²) in [5, 5.41) is 8.99. The molecule has 0 aliphatic carbocycles. The van der Waals surface area contributed by atoms with Crippen molar-refractivity contribution in [3.05, 3.63) is 0 Å². The second kappa shape index (κ2) is 4.75. The van der Waals surface area contributed by atoms with Gasteiger partial charge >= 0.3 is 5.97 Å². The van der Waals surface area contributed by atoms with Crippen LogP contribution in [-0.4, -0.2) is 30.3 Å². The van der Waals surface area contributed by atoms with E-state index in [0.29, 0.717) is 6.42 Å². The second-order valence-corrected chi connectivity index (χ2v) is 4.24. The van der Waals surface area contributed by atoms with Gasteiger partial charge in [0.2, 0.25) is 0 Å². The average Bonchev–Trinajstić information content (AvgIpc) is 2.66. The Morgan fingerprint density at radius 1 is 1.71 bits per heavy atom. The Hall–Kier alpha value is -0.610. The van der Waals surface area contributed by atoms with Gasteiger partial charge in [0.1, 0.15) is 0 Å². The number of carboxylic acid groups (broad SMARTS) is 1. The molecular weight excluding hydrogens is 182 g/mol. The first-order chi connectivity index (χ1) is 6.58. The summed E-state index contributed by atoms with van der Waals surface area (Å²) >= 11 is 0. The first kappa shape index (κ1) is 11.5. The molecule has 0 spiro atoms. The molecule has 0 amide bonds. The molecule has 0 radical (unpaired) electrons. The van der Waals surface area contributed by atoms with Crippen molar-refractivity contribution in [1.29, 1.82) is 0 Å². The van der Waals surface area contributed by atoms with Crippen LogP contribution in [0.3, 0.4) is 0 Å². The lowest BCUT2D eigenvalue weighted by molar-refractivity contribution is -0.148. The highest BCUT2D eigenvalue weighted by Gasteiger charge is 2.32. The molecule has 1 aliphatic heterocycles. The van der Waals surface area contributed by atoms with Gasteiger partial charge in [0.05, 0.1) is 11.5 Å². The van der Waals surface area contributed by atoms with Crippen LogP contribution in [0.15, 0.2) is 0 Å². The number of ether oxygens (including phenoxy) is 1. The number of rotatable bonds is 5. The van der Waals surface area contributed by atoms with E-state index in [9.17, 15) is 4.79 Å². The van der Waals surface area contributed by atoms with E-state index in [1.807, 2.05) is 0 Å². The van der Waals surface area contributed by atoms with Gasteiger partial charge in [0, 0.05) is 13.2 Å². The fourth-order valence-electron chi connectivity index (χ4n) is 1.65. The van der Waals surface area contributed by atoms with E-state index in [-0.39, 0.29) is 12.6 Å². The molecule has 0 aromatic rings. The summed E-state index contributed by atoms with van der Waals surface area (Å²) in [6.07, 6.45) is 3.81. The van der Waals surface area contributed by atoms with Crippen LogP contribution < -0.4 is 5.73 Å². The van der Waals surface area contributed by atoms with Gasteiger partial charge in [-0.05, 0) is 32.6 Å². The lowest BCUT2D eigenvalue weighted by Gasteiger charge is -2.23. The zero-order valence-electron chi connectivity index (χ0n) is 8.66. The van der Waals surface area contributed by atoms with Crippen molar-refractivity contribution >= 4 is 5.97 Å². The Bertz CT molecular complexity index is 202. The summed E-state index contributed by atoms with van der Waals surface area (Å²) in [6, 6.07) is 0. The third-order valence-corrected chi connectivity index (χ3v) is 3.01. The largest absolute Gasteiger partial charge is 0.481 e. The van der Waals surface area contributed by atoms with Crippen LogP contribution in [0.1, 0.15) is 32.6 Å². The topological polar surface area (TPSA) is 72.5 Å². The Morgan fingerprint density at radius 3 is 2.86 bits per heavy atom. The number of carboxylic acids is 1. The van der Waals surface area contributed by atoms with Crippen LogP contribution in [0, 0.1) is 5.41 Å². The smallest absolute Gasteiger partial charge is 0.310 e. The molecule has 4 heteroatoms.